The summed E-state index contributed by atoms with van der Waals surface area (Å²) in [6.45, 7) is 0. The number of carbonyl (C=O) groups is 1. The molecule has 0 bridgehead atoms. The third-order valence-electron chi connectivity index (χ3n) is 1.94. The van der Waals surface area contributed by atoms with Crippen LogP contribution in [0, 0.1) is 0 Å². The van der Waals surface area contributed by atoms with Gasteiger partial charge in [-0.1, -0.05) is 11.8 Å². The molecule has 0 aliphatic carbocycles. The molecule has 2 aromatic heterocycles. The maximum Gasteiger partial charge on any atom is 0.371 e. The standard InChI is InChI=1S/C9H9N3O3S/c1-12-7(10-5-11-12)4-16-8-3-2-6(15-8)9(13)14/h2-3,5H,4H2,1H3,(H,13,14). The lowest BCUT2D eigenvalue weighted by molar-refractivity contribution is 0.0656. The molecule has 0 aliphatic heterocycles. The second-order valence-electron chi connectivity index (χ2n) is 3.01. The van der Waals surface area contributed by atoms with Gasteiger partial charge >= 0.3 is 5.97 Å². The number of aromatic nitrogens is 3. The molecule has 16 heavy (non-hydrogen) atoms. The Labute approximate surface area is 95.3 Å². The second-order valence-corrected chi connectivity index (χ2v) is 3.99. The number of hydrogen-bond donors (Lipinski definition) is 1. The lowest BCUT2D eigenvalue weighted by Gasteiger charge is -1.97. The zero-order valence-corrected chi connectivity index (χ0v) is 9.27. The third kappa shape index (κ3) is 2.25. The fourth-order valence-corrected chi connectivity index (χ4v) is 1.94. The van der Waals surface area contributed by atoms with E-state index in [1.807, 2.05) is 0 Å². The molecule has 0 radical (unpaired) electrons. The zero-order valence-electron chi connectivity index (χ0n) is 8.45. The number of hydrogen-bond acceptors (Lipinski definition) is 5. The van der Waals surface area contributed by atoms with Gasteiger partial charge < -0.3 is 9.52 Å². The quantitative estimate of drug-likeness (QED) is 0.812. The van der Waals surface area contributed by atoms with E-state index in [1.54, 1.807) is 17.8 Å². The van der Waals surface area contributed by atoms with Crippen molar-refractivity contribution < 1.29 is 14.3 Å². The largest absolute Gasteiger partial charge is 0.475 e. The van der Waals surface area contributed by atoms with E-state index in [0.717, 1.165) is 5.82 Å². The second kappa shape index (κ2) is 4.40. The molecule has 0 amide bonds. The van der Waals surface area contributed by atoms with E-state index in [4.69, 9.17) is 9.52 Å². The summed E-state index contributed by atoms with van der Waals surface area (Å²) in [5.41, 5.74) is 0. The van der Waals surface area contributed by atoms with E-state index in [-0.39, 0.29) is 5.76 Å². The number of furan rings is 1. The van der Waals surface area contributed by atoms with Crippen molar-refractivity contribution in [3.63, 3.8) is 0 Å². The van der Waals surface area contributed by atoms with Crippen molar-refractivity contribution in [2.24, 2.45) is 7.05 Å². The average molecular weight is 239 g/mol. The Morgan fingerprint density at radius 2 is 2.44 bits per heavy atom. The van der Waals surface area contributed by atoms with Gasteiger partial charge in [0.2, 0.25) is 5.76 Å². The number of aryl methyl sites for hydroxylation is 1. The predicted octanol–water partition coefficient (Wildman–Crippen LogP) is 1.40. The van der Waals surface area contributed by atoms with Crippen LogP contribution in [0.3, 0.4) is 0 Å². The van der Waals surface area contributed by atoms with Crippen LogP contribution in [0.15, 0.2) is 28.0 Å². The maximum atomic E-state index is 10.6. The van der Waals surface area contributed by atoms with Gasteiger partial charge in [-0.15, -0.1) is 0 Å². The monoisotopic (exact) mass is 239 g/mol. The van der Waals surface area contributed by atoms with Crippen LogP contribution >= 0.6 is 11.8 Å². The summed E-state index contributed by atoms with van der Waals surface area (Å²) in [6.07, 6.45) is 1.47. The highest BCUT2D eigenvalue weighted by Gasteiger charge is 2.10. The highest BCUT2D eigenvalue weighted by atomic mass is 32.2. The van der Waals surface area contributed by atoms with Crippen LogP contribution in [-0.4, -0.2) is 25.8 Å². The zero-order chi connectivity index (χ0) is 11.5. The number of rotatable bonds is 4. The van der Waals surface area contributed by atoms with Crippen LogP contribution in [0.5, 0.6) is 0 Å². The number of aromatic carboxylic acids is 1. The van der Waals surface area contributed by atoms with E-state index in [9.17, 15) is 4.79 Å². The van der Waals surface area contributed by atoms with Gasteiger partial charge in [0, 0.05) is 7.05 Å². The molecule has 7 heteroatoms. The van der Waals surface area contributed by atoms with Gasteiger partial charge in [0.15, 0.2) is 5.09 Å². The molecule has 2 aromatic rings. The summed E-state index contributed by atoms with van der Waals surface area (Å²) in [5.74, 6) is 0.271. The van der Waals surface area contributed by atoms with Crippen LogP contribution in [0.4, 0.5) is 0 Å². The fraction of sp³-hybridized carbons (Fsp3) is 0.222. The summed E-state index contributed by atoms with van der Waals surface area (Å²) in [5, 5.41) is 13.2. The van der Waals surface area contributed by atoms with Crippen molar-refractivity contribution in [1.82, 2.24) is 14.8 Å². The third-order valence-corrected chi connectivity index (χ3v) is 2.85. The van der Waals surface area contributed by atoms with Gasteiger partial charge in [0.1, 0.15) is 12.2 Å². The molecule has 0 aromatic carbocycles. The van der Waals surface area contributed by atoms with Crippen LogP contribution in [0.1, 0.15) is 16.4 Å². The van der Waals surface area contributed by atoms with E-state index < -0.39 is 5.97 Å². The van der Waals surface area contributed by atoms with Crippen molar-refractivity contribution in [2.45, 2.75) is 10.8 Å². The molecular formula is C9H9N3O3S. The topological polar surface area (TPSA) is 81.2 Å². The van der Waals surface area contributed by atoms with E-state index in [1.165, 1.54) is 24.2 Å². The lowest BCUT2D eigenvalue weighted by Crippen LogP contribution is -1.97. The lowest BCUT2D eigenvalue weighted by atomic mass is 10.5. The molecule has 0 unspecified atom stereocenters. The predicted molar refractivity (Wildman–Crippen MR) is 56.2 cm³/mol. The first kappa shape index (κ1) is 10.7. The average Bonchev–Trinajstić information content (AvgIpc) is 2.83. The first-order valence-corrected chi connectivity index (χ1v) is 5.44. The Bertz CT molecular complexity index is 506. The van der Waals surface area contributed by atoms with Crippen LogP contribution in [0.25, 0.3) is 0 Å². The summed E-state index contributed by atoms with van der Waals surface area (Å²) >= 11 is 1.38. The molecule has 0 saturated heterocycles. The molecule has 1 N–H and O–H groups in total. The van der Waals surface area contributed by atoms with E-state index in [2.05, 4.69) is 10.1 Å². The van der Waals surface area contributed by atoms with E-state index >= 15 is 0 Å². The Morgan fingerprint density at radius 1 is 1.62 bits per heavy atom. The van der Waals surface area contributed by atoms with E-state index in [0.29, 0.717) is 10.8 Å². The molecule has 0 fully saturated rings. The van der Waals surface area contributed by atoms with Crippen molar-refractivity contribution in [2.75, 3.05) is 0 Å². The number of thioether (sulfide) groups is 1. The molecule has 0 atom stereocenters. The van der Waals surface area contributed by atoms with Crippen molar-refractivity contribution in [3.05, 3.63) is 30.0 Å². The Balaban J connectivity index is 2.00. The molecule has 6 nitrogen and oxygen atoms in total. The highest BCUT2D eigenvalue weighted by Crippen LogP contribution is 2.23. The smallest absolute Gasteiger partial charge is 0.371 e. The molecule has 0 aliphatic rings. The summed E-state index contributed by atoms with van der Waals surface area (Å²) in [4.78, 5) is 14.6. The minimum absolute atomic E-state index is 0.0551. The van der Waals surface area contributed by atoms with Gasteiger partial charge in [-0.25, -0.2) is 9.78 Å². The van der Waals surface area contributed by atoms with Gasteiger partial charge in [-0.3, -0.25) is 4.68 Å². The minimum Gasteiger partial charge on any atom is -0.475 e. The Kier molecular flexibility index (Phi) is 2.95. The van der Waals surface area contributed by atoms with Gasteiger partial charge in [-0.2, -0.15) is 5.10 Å². The Hall–Kier alpha value is -1.76. The molecule has 0 saturated carbocycles. The summed E-state index contributed by atoms with van der Waals surface area (Å²) < 4.78 is 6.75. The van der Waals surface area contributed by atoms with Crippen molar-refractivity contribution in [1.29, 1.82) is 0 Å². The van der Waals surface area contributed by atoms with Crippen LogP contribution < -0.4 is 0 Å². The van der Waals surface area contributed by atoms with Crippen LogP contribution in [0.2, 0.25) is 0 Å². The number of carboxylic acids is 1. The first-order chi connectivity index (χ1) is 7.66. The molecule has 0 spiro atoms. The maximum absolute atomic E-state index is 10.6. The normalized spacial score (nSPS) is 10.6. The van der Waals surface area contributed by atoms with Crippen molar-refractivity contribution in [3.8, 4) is 0 Å². The molecular weight excluding hydrogens is 230 g/mol. The minimum atomic E-state index is -1.06. The molecule has 84 valence electrons. The van der Waals surface area contributed by atoms with Gasteiger partial charge in [0.05, 0.1) is 5.75 Å². The summed E-state index contributed by atoms with van der Waals surface area (Å²) in [6, 6.07) is 3.06. The Morgan fingerprint density at radius 3 is 3.00 bits per heavy atom. The highest BCUT2D eigenvalue weighted by molar-refractivity contribution is 7.98. The SMILES string of the molecule is Cn1ncnc1CSc1ccc(C(=O)O)o1. The van der Waals surface area contributed by atoms with Crippen molar-refractivity contribution >= 4 is 17.7 Å². The molecule has 2 rings (SSSR count). The number of nitrogens with zero attached hydrogens (tertiary/aromatic N) is 3. The fourth-order valence-electron chi connectivity index (χ4n) is 1.10. The van der Waals surface area contributed by atoms with Crippen LogP contribution in [-0.2, 0) is 12.8 Å². The number of carboxylic acid groups (broad SMARTS) is 1. The van der Waals surface area contributed by atoms with Gasteiger partial charge in [0.25, 0.3) is 0 Å². The molecule has 2 heterocycles. The van der Waals surface area contributed by atoms with Gasteiger partial charge in [-0.05, 0) is 12.1 Å². The summed E-state index contributed by atoms with van der Waals surface area (Å²) in [7, 11) is 1.80. The first-order valence-electron chi connectivity index (χ1n) is 4.45.